The number of benzene rings is 2. The minimum atomic E-state index is -1.22. The molecule has 2 aromatic carbocycles. The summed E-state index contributed by atoms with van der Waals surface area (Å²) in [6.07, 6.45) is -0.0993. The molecule has 2 aromatic heterocycles. The predicted molar refractivity (Wildman–Crippen MR) is 114 cm³/mol. The van der Waals surface area contributed by atoms with Crippen LogP contribution in [0.2, 0.25) is 0 Å². The summed E-state index contributed by atoms with van der Waals surface area (Å²) in [6, 6.07) is 16.4. The zero-order chi connectivity index (χ0) is 21.4. The molecule has 0 bridgehead atoms. The SMILES string of the molecule is O=C(O)N1CCC(Cc2nnc(Cc3nc4ccc(-c5ccccc5)cc4s3)o2)C1=O. The van der Waals surface area contributed by atoms with Gasteiger partial charge in [0.1, 0.15) is 5.01 Å². The Bertz CT molecular complexity index is 1270. The van der Waals surface area contributed by atoms with Crippen LogP contribution < -0.4 is 0 Å². The second-order valence-electron chi connectivity index (χ2n) is 7.38. The first kappa shape index (κ1) is 19.4. The van der Waals surface area contributed by atoms with Crippen LogP contribution in [-0.2, 0) is 17.6 Å². The molecule has 1 unspecified atom stereocenters. The van der Waals surface area contributed by atoms with Gasteiger partial charge in [0, 0.05) is 18.9 Å². The van der Waals surface area contributed by atoms with Gasteiger partial charge >= 0.3 is 6.09 Å². The lowest BCUT2D eigenvalue weighted by atomic mass is 10.0. The lowest BCUT2D eigenvalue weighted by Crippen LogP contribution is -2.32. The molecule has 0 saturated carbocycles. The van der Waals surface area contributed by atoms with Crippen molar-refractivity contribution in [2.24, 2.45) is 5.92 Å². The molecule has 1 aliphatic rings. The molecule has 1 fully saturated rings. The highest BCUT2D eigenvalue weighted by Gasteiger charge is 2.36. The van der Waals surface area contributed by atoms with E-state index in [1.54, 1.807) is 11.3 Å². The minimum absolute atomic E-state index is 0.205. The Balaban J connectivity index is 1.29. The summed E-state index contributed by atoms with van der Waals surface area (Å²) in [5.41, 5.74) is 3.22. The van der Waals surface area contributed by atoms with E-state index in [4.69, 9.17) is 9.52 Å². The molecule has 9 heteroatoms. The number of carbonyl (C=O) groups is 2. The van der Waals surface area contributed by atoms with Crippen molar-refractivity contribution in [2.45, 2.75) is 19.3 Å². The molecule has 0 radical (unpaired) electrons. The van der Waals surface area contributed by atoms with E-state index in [1.807, 2.05) is 24.3 Å². The molecule has 0 aliphatic carbocycles. The number of thiazole rings is 1. The van der Waals surface area contributed by atoms with Crippen molar-refractivity contribution in [1.82, 2.24) is 20.1 Å². The first-order chi connectivity index (χ1) is 15.1. The molecule has 4 aromatic rings. The highest BCUT2D eigenvalue weighted by molar-refractivity contribution is 7.18. The molecule has 8 nitrogen and oxygen atoms in total. The minimum Gasteiger partial charge on any atom is -0.465 e. The highest BCUT2D eigenvalue weighted by atomic mass is 32.1. The van der Waals surface area contributed by atoms with Crippen molar-refractivity contribution in [3.63, 3.8) is 0 Å². The molecular weight excluding hydrogens is 416 g/mol. The number of amides is 2. The zero-order valence-corrected chi connectivity index (χ0v) is 17.2. The first-order valence-corrected chi connectivity index (χ1v) is 10.7. The van der Waals surface area contributed by atoms with Gasteiger partial charge in [-0.15, -0.1) is 21.5 Å². The molecule has 1 saturated heterocycles. The van der Waals surface area contributed by atoms with Crippen molar-refractivity contribution in [3.8, 4) is 11.1 Å². The van der Waals surface area contributed by atoms with E-state index in [1.165, 1.54) is 0 Å². The summed E-state index contributed by atoms with van der Waals surface area (Å²) >= 11 is 1.58. The number of carbonyl (C=O) groups excluding carboxylic acids is 1. The Morgan fingerprint density at radius 2 is 1.94 bits per heavy atom. The van der Waals surface area contributed by atoms with Crippen molar-refractivity contribution >= 4 is 33.6 Å². The number of aromatic nitrogens is 3. The van der Waals surface area contributed by atoms with Gasteiger partial charge in [-0.05, 0) is 29.7 Å². The Morgan fingerprint density at radius 3 is 2.71 bits per heavy atom. The van der Waals surface area contributed by atoms with Crippen LogP contribution in [0.4, 0.5) is 4.79 Å². The fraction of sp³-hybridized carbons (Fsp3) is 0.227. The van der Waals surface area contributed by atoms with E-state index in [2.05, 4.69) is 39.4 Å². The number of imide groups is 1. The molecule has 1 atom stereocenters. The van der Waals surface area contributed by atoms with Crippen LogP contribution in [0.3, 0.4) is 0 Å². The van der Waals surface area contributed by atoms with Gasteiger partial charge in [0.25, 0.3) is 0 Å². The van der Waals surface area contributed by atoms with Gasteiger partial charge in [-0.2, -0.15) is 0 Å². The van der Waals surface area contributed by atoms with Crippen LogP contribution in [0.5, 0.6) is 0 Å². The normalized spacial score (nSPS) is 16.3. The number of fused-ring (bicyclic) bond motifs is 1. The lowest BCUT2D eigenvalue weighted by molar-refractivity contribution is -0.129. The van der Waals surface area contributed by atoms with Gasteiger partial charge in [0.05, 0.1) is 16.6 Å². The summed E-state index contributed by atoms with van der Waals surface area (Å²) in [5, 5.41) is 18.0. The molecular formula is C22H18N4O4S. The van der Waals surface area contributed by atoms with Gasteiger partial charge in [0.15, 0.2) is 0 Å². The summed E-state index contributed by atoms with van der Waals surface area (Å²) in [4.78, 5) is 28.7. The summed E-state index contributed by atoms with van der Waals surface area (Å²) in [5.74, 6) is -0.0816. The maximum Gasteiger partial charge on any atom is 0.414 e. The van der Waals surface area contributed by atoms with Crippen molar-refractivity contribution in [1.29, 1.82) is 0 Å². The molecule has 31 heavy (non-hydrogen) atoms. The smallest absolute Gasteiger partial charge is 0.414 e. The van der Waals surface area contributed by atoms with Crippen LogP contribution in [0.1, 0.15) is 23.2 Å². The molecule has 0 spiro atoms. The fourth-order valence-corrected chi connectivity index (χ4v) is 4.76. The second-order valence-corrected chi connectivity index (χ2v) is 8.50. The molecule has 1 aliphatic heterocycles. The van der Waals surface area contributed by atoms with E-state index in [0.717, 1.165) is 31.3 Å². The zero-order valence-electron chi connectivity index (χ0n) is 16.4. The highest BCUT2D eigenvalue weighted by Crippen LogP contribution is 2.29. The molecule has 1 N–H and O–H groups in total. The Labute approximate surface area is 181 Å². The van der Waals surface area contributed by atoms with Crippen molar-refractivity contribution in [3.05, 3.63) is 65.3 Å². The van der Waals surface area contributed by atoms with Gasteiger partial charge in [-0.25, -0.2) is 14.7 Å². The first-order valence-electron chi connectivity index (χ1n) is 9.87. The van der Waals surface area contributed by atoms with Gasteiger partial charge in [-0.1, -0.05) is 36.4 Å². The summed E-state index contributed by atoms with van der Waals surface area (Å²) < 4.78 is 6.79. The van der Waals surface area contributed by atoms with Gasteiger partial charge < -0.3 is 9.52 Å². The summed E-state index contributed by atoms with van der Waals surface area (Å²) in [7, 11) is 0. The van der Waals surface area contributed by atoms with Crippen LogP contribution >= 0.6 is 11.3 Å². The third-order valence-electron chi connectivity index (χ3n) is 5.32. The Morgan fingerprint density at radius 1 is 1.13 bits per heavy atom. The number of rotatable bonds is 5. The average molecular weight is 434 g/mol. The van der Waals surface area contributed by atoms with E-state index in [9.17, 15) is 9.59 Å². The van der Waals surface area contributed by atoms with Crippen molar-refractivity contribution < 1.29 is 19.1 Å². The second kappa shape index (κ2) is 7.92. The number of carboxylic acid groups (broad SMARTS) is 1. The quantitative estimate of drug-likeness (QED) is 0.505. The van der Waals surface area contributed by atoms with E-state index >= 15 is 0 Å². The number of nitrogens with zero attached hydrogens (tertiary/aromatic N) is 4. The molecule has 156 valence electrons. The van der Waals surface area contributed by atoms with E-state index in [0.29, 0.717) is 24.6 Å². The number of likely N-dealkylation sites (tertiary alicyclic amines) is 1. The monoisotopic (exact) mass is 434 g/mol. The Kier molecular flexibility index (Phi) is 4.95. The molecule has 2 amide bonds. The Hall–Kier alpha value is -3.59. The maximum absolute atomic E-state index is 12.1. The van der Waals surface area contributed by atoms with Gasteiger partial charge in [-0.3, -0.25) is 4.79 Å². The standard InChI is InChI=1S/C22H18N4O4S/c27-21-15(8-9-26(21)22(28)29)11-18-24-25-19(30-18)12-20-23-16-7-6-14(10-17(16)31-20)13-4-2-1-3-5-13/h1-7,10,15H,8-9,11-12H2,(H,28,29). The number of hydrogen-bond acceptors (Lipinski definition) is 7. The van der Waals surface area contributed by atoms with Crippen LogP contribution in [0.15, 0.2) is 52.9 Å². The fourth-order valence-electron chi connectivity index (χ4n) is 3.76. The van der Waals surface area contributed by atoms with Gasteiger partial charge in [0.2, 0.25) is 17.7 Å². The van der Waals surface area contributed by atoms with Crippen molar-refractivity contribution in [2.75, 3.05) is 6.54 Å². The van der Waals surface area contributed by atoms with Crippen LogP contribution in [0.25, 0.3) is 21.3 Å². The van der Waals surface area contributed by atoms with Crippen LogP contribution in [-0.4, -0.2) is 43.7 Å². The molecule has 5 rings (SSSR count). The number of hydrogen-bond donors (Lipinski definition) is 1. The van der Waals surface area contributed by atoms with E-state index in [-0.39, 0.29) is 13.0 Å². The third-order valence-corrected chi connectivity index (χ3v) is 6.34. The topological polar surface area (TPSA) is 109 Å². The average Bonchev–Trinajstić information content (AvgIpc) is 3.47. The maximum atomic E-state index is 12.1. The summed E-state index contributed by atoms with van der Waals surface area (Å²) in [6.45, 7) is 0.205. The largest absolute Gasteiger partial charge is 0.465 e. The molecule has 3 heterocycles. The third kappa shape index (κ3) is 3.91. The predicted octanol–water partition coefficient (Wildman–Crippen LogP) is 4.01. The lowest BCUT2D eigenvalue weighted by Gasteiger charge is -2.08. The van der Waals surface area contributed by atoms with Crippen LogP contribution in [0, 0.1) is 5.92 Å². The van der Waals surface area contributed by atoms with E-state index < -0.39 is 17.9 Å².